The highest BCUT2D eigenvalue weighted by Crippen LogP contribution is 2.13. The summed E-state index contributed by atoms with van der Waals surface area (Å²) in [4.78, 5) is 23.0. The average Bonchev–Trinajstić information content (AvgIpc) is 2.65. The normalized spacial score (nSPS) is 14.1. The fraction of sp³-hybridized carbons (Fsp3) is 0.545. The molecule has 1 unspecified atom stereocenters. The Morgan fingerprint density at radius 3 is 2.65 bits per heavy atom. The van der Waals surface area contributed by atoms with Crippen LogP contribution in [0.1, 0.15) is 37.0 Å². The number of carboxylic acid groups (broad SMARTS) is 1. The lowest BCUT2D eigenvalue weighted by Gasteiger charge is -2.25. The highest BCUT2D eigenvalue weighted by molar-refractivity contribution is 5.97. The molecule has 0 aromatic carbocycles. The second kappa shape index (κ2) is 4.99. The van der Waals surface area contributed by atoms with Gasteiger partial charge in [-0.25, -0.2) is 4.79 Å². The van der Waals surface area contributed by atoms with Crippen molar-refractivity contribution in [3.05, 3.63) is 18.0 Å². The Morgan fingerprint density at radius 1 is 1.59 bits per heavy atom. The van der Waals surface area contributed by atoms with Crippen molar-refractivity contribution in [1.29, 1.82) is 0 Å². The Kier molecular flexibility index (Phi) is 3.88. The molecule has 6 heteroatoms. The van der Waals surface area contributed by atoms with Gasteiger partial charge in [0.1, 0.15) is 5.54 Å². The minimum Gasteiger partial charge on any atom is -0.480 e. The van der Waals surface area contributed by atoms with Crippen molar-refractivity contribution in [2.45, 2.75) is 32.2 Å². The fourth-order valence-electron chi connectivity index (χ4n) is 1.58. The summed E-state index contributed by atoms with van der Waals surface area (Å²) in [6.45, 7) is 3.38. The zero-order valence-electron chi connectivity index (χ0n) is 10.2. The first-order valence-corrected chi connectivity index (χ1v) is 5.43. The van der Waals surface area contributed by atoms with Crippen molar-refractivity contribution in [1.82, 2.24) is 15.1 Å². The molecule has 0 aliphatic carbocycles. The molecule has 0 fully saturated rings. The Bertz CT molecular complexity index is 427. The molecule has 0 radical (unpaired) electrons. The lowest BCUT2D eigenvalue weighted by molar-refractivity contribution is -0.144. The van der Waals surface area contributed by atoms with E-state index in [0.717, 1.165) is 0 Å². The molecule has 6 nitrogen and oxygen atoms in total. The second-order valence-electron chi connectivity index (χ2n) is 4.24. The van der Waals surface area contributed by atoms with Gasteiger partial charge < -0.3 is 10.4 Å². The van der Waals surface area contributed by atoms with Crippen molar-refractivity contribution >= 4 is 11.9 Å². The van der Waals surface area contributed by atoms with Crippen LogP contribution in [0, 0.1) is 0 Å². The first kappa shape index (κ1) is 13.2. The van der Waals surface area contributed by atoms with Crippen LogP contribution in [0.4, 0.5) is 0 Å². The van der Waals surface area contributed by atoms with E-state index in [1.807, 2.05) is 6.92 Å². The Hall–Kier alpha value is -1.85. The van der Waals surface area contributed by atoms with Crippen molar-refractivity contribution in [3.8, 4) is 0 Å². The van der Waals surface area contributed by atoms with Crippen LogP contribution in [0.5, 0.6) is 0 Å². The van der Waals surface area contributed by atoms with E-state index < -0.39 is 17.4 Å². The number of nitrogens with zero attached hydrogens (tertiary/aromatic N) is 2. The molecule has 1 amide bonds. The predicted octanol–water partition coefficient (Wildman–Crippen LogP) is 0.793. The third-order valence-corrected chi connectivity index (χ3v) is 2.58. The van der Waals surface area contributed by atoms with Gasteiger partial charge in [0.15, 0.2) is 0 Å². The largest absolute Gasteiger partial charge is 0.480 e. The molecule has 1 heterocycles. The molecule has 1 aromatic rings. The van der Waals surface area contributed by atoms with E-state index in [1.54, 1.807) is 13.2 Å². The Balaban J connectivity index is 2.81. The van der Waals surface area contributed by atoms with E-state index >= 15 is 0 Å². The third kappa shape index (κ3) is 3.05. The number of nitrogens with one attached hydrogen (secondary N) is 1. The minimum atomic E-state index is -1.23. The van der Waals surface area contributed by atoms with Gasteiger partial charge in [-0.15, -0.1) is 0 Å². The van der Waals surface area contributed by atoms with Crippen molar-refractivity contribution in [3.63, 3.8) is 0 Å². The highest BCUT2D eigenvalue weighted by Gasteiger charge is 2.34. The molecule has 0 saturated heterocycles. The Labute approximate surface area is 99.6 Å². The van der Waals surface area contributed by atoms with E-state index in [9.17, 15) is 9.59 Å². The molecular formula is C11H17N3O3. The van der Waals surface area contributed by atoms with Gasteiger partial charge in [0, 0.05) is 13.2 Å². The van der Waals surface area contributed by atoms with Gasteiger partial charge in [-0.05, 0) is 13.3 Å². The number of hydrogen-bond donors (Lipinski definition) is 2. The highest BCUT2D eigenvalue weighted by atomic mass is 16.4. The monoisotopic (exact) mass is 239 g/mol. The standard InChI is InChI=1S/C11H17N3O3/c1-4-5-11(2,10(16)17)13-9(15)8-6-12-14(3)7-8/h6-7H,4-5H2,1-3H3,(H,13,15)(H,16,17). The van der Waals surface area contributed by atoms with Gasteiger partial charge in [0.25, 0.3) is 5.91 Å². The van der Waals surface area contributed by atoms with Crippen LogP contribution in [0.2, 0.25) is 0 Å². The summed E-state index contributed by atoms with van der Waals surface area (Å²) in [6, 6.07) is 0. The quantitative estimate of drug-likeness (QED) is 0.795. The van der Waals surface area contributed by atoms with Gasteiger partial charge in [-0.1, -0.05) is 13.3 Å². The topological polar surface area (TPSA) is 84.2 Å². The van der Waals surface area contributed by atoms with Crippen LogP contribution in [0.15, 0.2) is 12.4 Å². The number of aromatic nitrogens is 2. The van der Waals surface area contributed by atoms with Gasteiger partial charge in [-0.2, -0.15) is 5.10 Å². The Morgan fingerprint density at radius 2 is 2.24 bits per heavy atom. The molecule has 0 aliphatic rings. The molecular weight excluding hydrogens is 222 g/mol. The molecule has 1 atom stereocenters. The van der Waals surface area contributed by atoms with Gasteiger partial charge in [-0.3, -0.25) is 9.48 Å². The second-order valence-corrected chi connectivity index (χ2v) is 4.24. The number of aryl methyl sites for hydroxylation is 1. The molecule has 0 bridgehead atoms. The predicted molar refractivity (Wildman–Crippen MR) is 61.6 cm³/mol. The van der Waals surface area contributed by atoms with Gasteiger partial charge >= 0.3 is 5.97 Å². The van der Waals surface area contributed by atoms with Crippen LogP contribution in [0.3, 0.4) is 0 Å². The first-order chi connectivity index (χ1) is 7.89. The molecule has 94 valence electrons. The summed E-state index contributed by atoms with van der Waals surface area (Å²) in [5.41, 5.74) is -0.877. The minimum absolute atomic E-state index is 0.357. The number of aliphatic carboxylic acids is 1. The van der Waals surface area contributed by atoms with E-state index in [2.05, 4.69) is 10.4 Å². The molecule has 17 heavy (non-hydrogen) atoms. The summed E-state index contributed by atoms with van der Waals surface area (Å²) >= 11 is 0. The van der Waals surface area contributed by atoms with Crippen molar-refractivity contribution in [2.24, 2.45) is 7.05 Å². The molecule has 0 saturated carbocycles. The molecule has 0 aliphatic heterocycles. The summed E-state index contributed by atoms with van der Waals surface area (Å²) in [5, 5.41) is 15.5. The first-order valence-electron chi connectivity index (χ1n) is 5.43. The van der Waals surface area contributed by atoms with Gasteiger partial charge in [0.2, 0.25) is 0 Å². The maximum absolute atomic E-state index is 11.8. The zero-order chi connectivity index (χ0) is 13.1. The number of amides is 1. The summed E-state index contributed by atoms with van der Waals surface area (Å²) in [7, 11) is 1.69. The maximum atomic E-state index is 11.8. The smallest absolute Gasteiger partial charge is 0.329 e. The number of carbonyl (C=O) groups excluding carboxylic acids is 1. The lowest BCUT2D eigenvalue weighted by Crippen LogP contribution is -2.52. The number of carbonyl (C=O) groups is 2. The summed E-state index contributed by atoms with van der Waals surface area (Å²) in [5.74, 6) is -1.45. The van der Waals surface area contributed by atoms with Gasteiger partial charge in [0.05, 0.1) is 11.8 Å². The average molecular weight is 239 g/mol. The number of carboxylic acids is 1. The van der Waals surface area contributed by atoms with Crippen LogP contribution >= 0.6 is 0 Å². The molecule has 1 aromatic heterocycles. The number of rotatable bonds is 5. The van der Waals surface area contributed by atoms with Crippen LogP contribution < -0.4 is 5.32 Å². The van der Waals surface area contributed by atoms with Crippen LogP contribution in [-0.2, 0) is 11.8 Å². The van der Waals surface area contributed by atoms with Crippen molar-refractivity contribution in [2.75, 3.05) is 0 Å². The zero-order valence-corrected chi connectivity index (χ0v) is 10.2. The fourth-order valence-corrected chi connectivity index (χ4v) is 1.58. The molecule has 2 N–H and O–H groups in total. The number of hydrogen-bond acceptors (Lipinski definition) is 3. The van der Waals surface area contributed by atoms with E-state index in [0.29, 0.717) is 18.4 Å². The molecule has 1 rings (SSSR count). The lowest BCUT2D eigenvalue weighted by atomic mass is 9.96. The summed E-state index contributed by atoms with van der Waals surface area (Å²) in [6.07, 6.45) is 4.01. The third-order valence-electron chi connectivity index (χ3n) is 2.58. The summed E-state index contributed by atoms with van der Waals surface area (Å²) < 4.78 is 1.49. The molecule has 0 spiro atoms. The van der Waals surface area contributed by atoms with Crippen LogP contribution in [0.25, 0.3) is 0 Å². The van der Waals surface area contributed by atoms with Crippen LogP contribution in [-0.4, -0.2) is 32.3 Å². The van der Waals surface area contributed by atoms with E-state index in [-0.39, 0.29) is 0 Å². The SMILES string of the molecule is CCCC(C)(NC(=O)c1cnn(C)c1)C(=O)O. The maximum Gasteiger partial charge on any atom is 0.329 e. The van der Waals surface area contributed by atoms with E-state index in [4.69, 9.17) is 5.11 Å². The van der Waals surface area contributed by atoms with Crippen molar-refractivity contribution < 1.29 is 14.7 Å². The van der Waals surface area contributed by atoms with E-state index in [1.165, 1.54) is 17.8 Å².